The summed E-state index contributed by atoms with van der Waals surface area (Å²) in [7, 11) is 0. The molecule has 0 radical (unpaired) electrons. The van der Waals surface area contributed by atoms with Crippen molar-refractivity contribution in [2.75, 3.05) is 0 Å². The average Bonchev–Trinajstić information content (AvgIpc) is 2.77. The van der Waals surface area contributed by atoms with Gasteiger partial charge in [-0.05, 0) is 17.5 Å². The summed E-state index contributed by atoms with van der Waals surface area (Å²) in [6.45, 7) is 4.06. The molecule has 0 amide bonds. The van der Waals surface area contributed by atoms with Crippen LogP contribution in [0.3, 0.4) is 0 Å². The highest BCUT2D eigenvalue weighted by atomic mass is 32.1. The lowest BCUT2D eigenvalue weighted by Crippen LogP contribution is -2.12. The highest BCUT2D eigenvalue weighted by Crippen LogP contribution is 2.30. The molecule has 1 aromatic carbocycles. The van der Waals surface area contributed by atoms with Gasteiger partial charge < -0.3 is 9.52 Å². The van der Waals surface area contributed by atoms with E-state index in [4.69, 9.17) is 9.52 Å². The Kier molecular flexibility index (Phi) is 4.13. The van der Waals surface area contributed by atoms with Gasteiger partial charge in [-0.1, -0.05) is 26.0 Å². The molecular weight excluding hydrogens is 278 g/mol. The maximum atomic E-state index is 11.5. The minimum absolute atomic E-state index is 0.107. The third-order valence-electron chi connectivity index (χ3n) is 3.06. The fraction of sp³-hybridized carbons (Fsp3) is 0.357. The summed E-state index contributed by atoms with van der Waals surface area (Å²) in [5.74, 6) is -1.70. The van der Waals surface area contributed by atoms with Crippen molar-refractivity contribution in [3.63, 3.8) is 0 Å². The number of thiol groups is 1. The number of aliphatic carboxylic acids is 1. The van der Waals surface area contributed by atoms with E-state index in [1.807, 2.05) is 26.0 Å². The molecule has 0 aliphatic rings. The number of aromatic nitrogens is 1. The zero-order chi connectivity index (χ0) is 14.9. The Morgan fingerprint density at radius 3 is 2.65 bits per heavy atom. The van der Waals surface area contributed by atoms with Crippen LogP contribution in [-0.4, -0.2) is 21.2 Å². The molecule has 2 rings (SSSR count). The van der Waals surface area contributed by atoms with Gasteiger partial charge >= 0.3 is 5.97 Å². The normalized spacial score (nSPS) is 12.8. The average molecular weight is 293 g/mol. The van der Waals surface area contributed by atoms with Crippen LogP contribution in [-0.2, 0) is 9.59 Å². The van der Waals surface area contributed by atoms with E-state index < -0.39 is 17.0 Å². The third kappa shape index (κ3) is 2.85. The Bertz CT molecular complexity index is 662. The second kappa shape index (κ2) is 5.66. The summed E-state index contributed by atoms with van der Waals surface area (Å²) in [4.78, 5) is 26.6. The molecule has 0 fully saturated rings. The molecule has 2 aromatic rings. The molecule has 5 nitrogen and oxygen atoms in total. The Morgan fingerprint density at radius 2 is 2.10 bits per heavy atom. The topological polar surface area (TPSA) is 80.4 Å². The van der Waals surface area contributed by atoms with Crippen LogP contribution in [0.2, 0.25) is 0 Å². The number of oxazole rings is 1. The summed E-state index contributed by atoms with van der Waals surface area (Å²) in [5.41, 5.74) is 2.22. The molecule has 0 spiro atoms. The number of nitrogens with zero attached hydrogens (tertiary/aromatic N) is 1. The predicted molar refractivity (Wildman–Crippen MR) is 77.1 cm³/mol. The minimum Gasteiger partial charge on any atom is -0.481 e. The summed E-state index contributed by atoms with van der Waals surface area (Å²) in [6.07, 6.45) is -0.383. The monoisotopic (exact) mass is 293 g/mol. The van der Waals surface area contributed by atoms with Crippen LogP contribution in [0.25, 0.3) is 11.1 Å². The number of hydrogen-bond donors (Lipinski definition) is 2. The van der Waals surface area contributed by atoms with Crippen LogP contribution >= 0.6 is 12.6 Å². The molecule has 1 N–H and O–H groups in total. The highest BCUT2D eigenvalue weighted by Gasteiger charge is 2.27. The van der Waals surface area contributed by atoms with E-state index >= 15 is 0 Å². The van der Waals surface area contributed by atoms with Crippen LogP contribution in [0.5, 0.6) is 0 Å². The number of carboxylic acid groups (broad SMARTS) is 1. The Labute approximate surface area is 121 Å². The van der Waals surface area contributed by atoms with Gasteiger partial charge in [0, 0.05) is 0 Å². The van der Waals surface area contributed by atoms with Crippen molar-refractivity contribution in [3.05, 3.63) is 29.7 Å². The van der Waals surface area contributed by atoms with Gasteiger partial charge in [-0.2, -0.15) is 0 Å². The first-order valence-electron chi connectivity index (χ1n) is 6.24. The summed E-state index contributed by atoms with van der Waals surface area (Å²) >= 11 is 3.72. The zero-order valence-electron chi connectivity index (χ0n) is 11.2. The van der Waals surface area contributed by atoms with Crippen molar-refractivity contribution < 1.29 is 19.1 Å². The van der Waals surface area contributed by atoms with Crippen molar-refractivity contribution in [2.45, 2.75) is 32.1 Å². The SMILES string of the molecule is CC(C)c1cccc2oc(C(CC(=O)O)C(=O)S)nc12. The Hall–Kier alpha value is -1.82. The zero-order valence-corrected chi connectivity index (χ0v) is 12.1. The number of benzene rings is 1. The van der Waals surface area contributed by atoms with E-state index in [2.05, 4.69) is 17.6 Å². The van der Waals surface area contributed by atoms with Crippen molar-refractivity contribution in [3.8, 4) is 0 Å². The van der Waals surface area contributed by atoms with Gasteiger partial charge in [0.15, 0.2) is 10.7 Å². The van der Waals surface area contributed by atoms with Gasteiger partial charge in [0.2, 0.25) is 5.89 Å². The predicted octanol–water partition coefficient (Wildman–Crippen LogP) is 2.97. The molecule has 6 heteroatoms. The Balaban J connectivity index is 2.52. The van der Waals surface area contributed by atoms with Crippen molar-refractivity contribution >= 4 is 34.8 Å². The molecule has 106 valence electrons. The first kappa shape index (κ1) is 14.6. The van der Waals surface area contributed by atoms with E-state index in [-0.39, 0.29) is 18.2 Å². The summed E-state index contributed by atoms with van der Waals surface area (Å²) < 4.78 is 5.54. The maximum absolute atomic E-state index is 11.5. The number of hydrogen-bond acceptors (Lipinski definition) is 4. The van der Waals surface area contributed by atoms with Crippen LogP contribution < -0.4 is 0 Å². The standard InChI is InChI=1S/C14H15NO4S/c1-7(2)8-4-3-5-10-12(8)15-13(19-10)9(14(18)20)6-11(16)17/h3-5,7,9H,6H2,1-2H3,(H,16,17)(H,18,20). The molecule has 1 heterocycles. The van der Waals surface area contributed by atoms with Crippen LogP contribution in [0.15, 0.2) is 22.6 Å². The van der Waals surface area contributed by atoms with Gasteiger partial charge in [0.1, 0.15) is 11.4 Å². The summed E-state index contributed by atoms with van der Waals surface area (Å²) in [5, 5.41) is 8.29. The van der Waals surface area contributed by atoms with Gasteiger partial charge in [0.05, 0.1) is 6.42 Å². The molecule has 0 aliphatic carbocycles. The molecule has 0 aliphatic heterocycles. The summed E-state index contributed by atoms with van der Waals surface area (Å²) in [6, 6.07) is 5.54. The number of para-hydroxylation sites is 1. The van der Waals surface area contributed by atoms with Crippen molar-refractivity contribution in [1.82, 2.24) is 4.98 Å². The minimum atomic E-state index is -1.09. The smallest absolute Gasteiger partial charge is 0.304 e. The lowest BCUT2D eigenvalue weighted by Gasteiger charge is -2.05. The lowest BCUT2D eigenvalue weighted by atomic mass is 10.0. The molecule has 20 heavy (non-hydrogen) atoms. The van der Waals surface area contributed by atoms with Crippen LogP contribution in [0, 0.1) is 0 Å². The second-order valence-corrected chi connectivity index (χ2v) is 5.33. The van der Waals surface area contributed by atoms with E-state index in [9.17, 15) is 9.59 Å². The number of fused-ring (bicyclic) bond motifs is 1. The van der Waals surface area contributed by atoms with Gasteiger partial charge in [-0.15, -0.1) is 12.6 Å². The quantitative estimate of drug-likeness (QED) is 0.828. The third-order valence-corrected chi connectivity index (χ3v) is 3.38. The van der Waals surface area contributed by atoms with E-state index in [0.29, 0.717) is 11.1 Å². The van der Waals surface area contributed by atoms with Gasteiger partial charge in [-0.3, -0.25) is 9.59 Å². The molecule has 1 aromatic heterocycles. The molecule has 0 saturated heterocycles. The van der Waals surface area contributed by atoms with Crippen LogP contribution in [0.4, 0.5) is 0 Å². The highest BCUT2D eigenvalue weighted by molar-refractivity contribution is 7.96. The molecule has 1 atom stereocenters. The maximum Gasteiger partial charge on any atom is 0.304 e. The molecule has 1 unspecified atom stereocenters. The fourth-order valence-corrected chi connectivity index (χ4v) is 2.26. The largest absolute Gasteiger partial charge is 0.481 e. The van der Waals surface area contributed by atoms with Crippen LogP contribution in [0.1, 0.15) is 43.6 Å². The molecule has 0 bridgehead atoms. The second-order valence-electron chi connectivity index (χ2n) is 4.89. The van der Waals surface area contributed by atoms with E-state index in [1.165, 1.54) is 0 Å². The van der Waals surface area contributed by atoms with Crippen molar-refractivity contribution in [1.29, 1.82) is 0 Å². The molecule has 0 saturated carbocycles. The number of carbonyl (C=O) groups excluding carboxylic acids is 1. The Morgan fingerprint density at radius 1 is 1.40 bits per heavy atom. The van der Waals surface area contributed by atoms with Crippen molar-refractivity contribution in [2.24, 2.45) is 0 Å². The first-order chi connectivity index (χ1) is 9.40. The number of carboxylic acids is 1. The van der Waals surface area contributed by atoms with E-state index in [0.717, 1.165) is 5.56 Å². The molecular formula is C14H15NO4S. The van der Waals surface area contributed by atoms with Gasteiger partial charge in [0.25, 0.3) is 0 Å². The number of rotatable bonds is 5. The van der Waals surface area contributed by atoms with E-state index in [1.54, 1.807) is 6.07 Å². The fourth-order valence-electron chi connectivity index (χ4n) is 2.06. The number of carbonyl (C=O) groups is 2. The van der Waals surface area contributed by atoms with Gasteiger partial charge in [-0.25, -0.2) is 4.98 Å². The first-order valence-corrected chi connectivity index (χ1v) is 6.68. The lowest BCUT2D eigenvalue weighted by molar-refractivity contribution is -0.138.